The van der Waals surface area contributed by atoms with E-state index in [1.54, 1.807) is 20.8 Å². The van der Waals surface area contributed by atoms with Gasteiger partial charge in [-0.15, -0.1) is 34.9 Å². The number of carbonyl (C=O) groups excluding carboxylic acids is 4. The van der Waals surface area contributed by atoms with Crippen molar-refractivity contribution in [2.75, 3.05) is 30.6 Å². The van der Waals surface area contributed by atoms with Crippen LogP contribution < -0.4 is 11.1 Å². The molecule has 0 radical (unpaired) electrons. The zero-order valence-corrected chi connectivity index (χ0v) is 26.2. The maximum Gasteiger partial charge on any atom is 0.358 e. The summed E-state index contributed by atoms with van der Waals surface area (Å²) in [6, 6.07) is -1.01. The third-order valence-electron chi connectivity index (χ3n) is 6.27. The number of nitrogens with zero attached hydrogens (tertiary/aromatic N) is 3. The van der Waals surface area contributed by atoms with Gasteiger partial charge in [-0.05, 0) is 41.0 Å². The van der Waals surface area contributed by atoms with Crippen molar-refractivity contribution in [3.8, 4) is 0 Å². The molecule has 2 saturated heterocycles. The van der Waals surface area contributed by atoms with Crippen LogP contribution in [-0.2, 0) is 38.1 Å². The fourth-order valence-electron chi connectivity index (χ4n) is 4.17. The maximum absolute atomic E-state index is 13.3. The molecule has 3 aliphatic heterocycles. The number of amides is 2. The van der Waals surface area contributed by atoms with Gasteiger partial charge in [0.25, 0.3) is 11.8 Å². The lowest BCUT2D eigenvalue weighted by atomic mass is 9.98. The van der Waals surface area contributed by atoms with Gasteiger partial charge in [-0.2, -0.15) is 0 Å². The monoisotopic (exact) mass is 643 g/mol. The van der Waals surface area contributed by atoms with Crippen LogP contribution in [0, 0.1) is 5.41 Å². The van der Waals surface area contributed by atoms with Crippen molar-refractivity contribution >= 4 is 69.5 Å². The van der Waals surface area contributed by atoms with Gasteiger partial charge in [0.2, 0.25) is 6.79 Å². The highest BCUT2D eigenvalue weighted by Gasteiger charge is 2.55. The number of carbonyl (C=O) groups is 4. The number of oxime groups is 1. The highest BCUT2D eigenvalue weighted by molar-refractivity contribution is 8.06. The number of aromatic nitrogens is 1. The van der Waals surface area contributed by atoms with Crippen molar-refractivity contribution in [2.45, 2.75) is 64.3 Å². The van der Waals surface area contributed by atoms with Crippen molar-refractivity contribution < 1.29 is 43.3 Å². The Morgan fingerprint density at radius 3 is 2.69 bits per heavy atom. The van der Waals surface area contributed by atoms with Gasteiger partial charge in [-0.25, -0.2) is 9.78 Å². The smallest absolute Gasteiger partial charge is 0.358 e. The van der Waals surface area contributed by atoms with Crippen LogP contribution in [0.25, 0.3) is 0 Å². The summed E-state index contributed by atoms with van der Waals surface area (Å²) in [7, 11) is 0. The van der Waals surface area contributed by atoms with Crippen molar-refractivity contribution in [2.24, 2.45) is 10.6 Å². The second-order valence-corrected chi connectivity index (χ2v) is 14.1. The molecule has 1 aromatic heterocycles. The van der Waals surface area contributed by atoms with Crippen LogP contribution in [0.2, 0.25) is 0 Å². The minimum Gasteiger partial charge on any atom is -0.427 e. The molecule has 42 heavy (non-hydrogen) atoms. The number of hydrogen-bond donors (Lipinski definition) is 3. The summed E-state index contributed by atoms with van der Waals surface area (Å²) in [5.41, 5.74) is 4.49. The maximum atomic E-state index is 13.3. The number of thiazole rings is 1. The predicted molar refractivity (Wildman–Crippen MR) is 155 cm³/mol. The highest BCUT2D eigenvalue weighted by atomic mass is 32.2. The summed E-state index contributed by atoms with van der Waals surface area (Å²) in [6.07, 6.45) is 0.520. The summed E-state index contributed by atoms with van der Waals surface area (Å²) < 4.78 is 21.9. The number of rotatable bonds is 9. The number of nitrogens with one attached hydrogen (secondary N) is 1. The number of nitrogens with two attached hydrogens (primary N) is 1. The topological polar surface area (TPSA) is 192 Å². The minimum atomic E-state index is -1.01. The van der Waals surface area contributed by atoms with E-state index in [0.29, 0.717) is 29.4 Å². The van der Waals surface area contributed by atoms with Gasteiger partial charge < -0.3 is 35.2 Å². The fraction of sp³-hybridized carbons (Fsp3) is 0.600. The van der Waals surface area contributed by atoms with Crippen molar-refractivity contribution in [3.63, 3.8) is 0 Å². The first-order valence-corrected chi connectivity index (χ1v) is 15.8. The van der Waals surface area contributed by atoms with E-state index < -0.39 is 58.9 Å². The molecular formula is C25H33N5O9S3. The van der Waals surface area contributed by atoms with Crippen LogP contribution in [0.15, 0.2) is 21.1 Å². The van der Waals surface area contributed by atoms with Gasteiger partial charge in [0.05, 0.1) is 18.1 Å². The molecular weight excluding hydrogens is 611 g/mol. The summed E-state index contributed by atoms with van der Waals surface area (Å²) in [6.45, 7) is 8.56. The zero-order valence-electron chi connectivity index (χ0n) is 23.7. The molecule has 2 unspecified atom stereocenters. The number of hydrogen-bond acceptors (Lipinski definition) is 15. The molecule has 2 fully saturated rings. The van der Waals surface area contributed by atoms with Crippen LogP contribution in [-0.4, -0.2) is 92.8 Å². The summed E-state index contributed by atoms with van der Waals surface area (Å²) in [5.74, 6) is -2.68. The van der Waals surface area contributed by atoms with Crippen LogP contribution in [0.4, 0.5) is 5.13 Å². The second kappa shape index (κ2) is 12.8. The van der Waals surface area contributed by atoms with E-state index in [1.165, 1.54) is 33.8 Å². The van der Waals surface area contributed by atoms with Crippen LogP contribution in [0.1, 0.15) is 46.7 Å². The minimum absolute atomic E-state index is 0.0145. The van der Waals surface area contributed by atoms with E-state index >= 15 is 0 Å². The lowest BCUT2D eigenvalue weighted by molar-refractivity contribution is -0.267. The molecule has 0 saturated carbocycles. The summed E-state index contributed by atoms with van der Waals surface area (Å²) >= 11 is 3.78. The van der Waals surface area contributed by atoms with Crippen LogP contribution in [0.3, 0.4) is 0 Å². The number of β-lactam (4-membered cyclic amide) rings is 1. The highest BCUT2D eigenvalue weighted by Crippen LogP contribution is 2.44. The zero-order chi connectivity index (χ0) is 30.8. The Bertz CT molecular complexity index is 1310. The standard InChI is InChI=1S/C25H33N5O9S3/c1-24(2,3)22(34)37-11-36-21(33)17-14(40-8-12-6-7-38-25(4,5)39-12)10-41-20-16(19(32)30(17)20)28-18(31)15(29-35)13-9-42-23(26)27-13/h9,12,16,20,35H,6-8,10-11H2,1-5H3,(H2,26,27)(H,28,31)/b29-15-/t12?,16?,20-/m1/s1. The first-order chi connectivity index (χ1) is 19.7. The SMILES string of the molecule is CC1(C)OCCC(CSC2=C(C(=O)OCOC(=O)C(C)(C)C)N3C(=O)C(NC(=O)/C(=N\O)c4csc(N)n4)[C@H]3SC2)O1. The Balaban J connectivity index is 1.49. The molecule has 14 nitrogen and oxygen atoms in total. The molecule has 0 aromatic carbocycles. The van der Waals surface area contributed by atoms with E-state index in [-0.39, 0.29) is 22.6 Å². The lowest BCUT2D eigenvalue weighted by Crippen LogP contribution is -2.71. The Morgan fingerprint density at radius 1 is 1.33 bits per heavy atom. The largest absolute Gasteiger partial charge is 0.427 e. The Morgan fingerprint density at radius 2 is 2.07 bits per heavy atom. The van der Waals surface area contributed by atoms with E-state index in [2.05, 4.69) is 15.5 Å². The van der Waals surface area contributed by atoms with E-state index in [0.717, 1.165) is 11.3 Å². The van der Waals surface area contributed by atoms with E-state index in [9.17, 15) is 24.4 Å². The molecule has 0 bridgehead atoms. The molecule has 2 amide bonds. The molecule has 1 aromatic rings. The molecule has 0 aliphatic carbocycles. The van der Waals surface area contributed by atoms with Gasteiger partial charge >= 0.3 is 11.9 Å². The van der Waals surface area contributed by atoms with Crippen LogP contribution in [0.5, 0.6) is 0 Å². The molecule has 0 spiro atoms. The first kappa shape index (κ1) is 32.1. The molecule has 3 aliphatic rings. The number of thioether (sulfide) groups is 2. The first-order valence-electron chi connectivity index (χ1n) is 12.9. The molecule has 4 heterocycles. The number of anilines is 1. The lowest BCUT2D eigenvalue weighted by Gasteiger charge is -2.49. The van der Waals surface area contributed by atoms with E-state index in [4.69, 9.17) is 24.7 Å². The van der Waals surface area contributed by atoms with Crippen molar-refractivity contribution in [1.82, 2.24) is 15.2 Å². The Labute approximate surface area is 254 Å². The molecule has 4 N–H and O–H groups in total. The van der Waals surface area contributed by atoms with Crippen molar-refractivity contribution in [3.05, 3.63) is 21.7 Å². The Kier molecular flexibility index (Phi) is 9.76. The number of esters is 2. The molecule has 3 atom stereocenters. The fourth-order valence-corrected chi connectivity index (χ4v) is 7.39. The average Bonchev–Trinajstić information content (AvgIpc) is 3.34. The normalized spacial score (nSPS) is 24.0. The molecule has 17 heteroatoms. The van der Waals surface area contributed by atoms with Crippen LogP contribution >= 0.6 is 34.9 Å². The summed E-state index contributed by atoms with van der Waals surface area (Å²) in [5, 5.41) is 16.0. The Hall–Kier alpha value is -2.86. The number of nitrogen functional groups attached to an aromatic ring is 1. The number of fused-ring (bicyclic) bond motifs is 1. The predicted octanol–water partition coefficient (Wildman–Crippen LogP) is 1.88. The molecule has 4 rings (SSSR count). The van der Waals surface area contributed by atoms with Gasteiger partial charge in [0.15, 0.2) is 16.6 Å². The van der Waals surface area contributed by atoms with Gasteiger partial charge in [-0.3, -0.25) is 19.3 Å². The van der Waals surface area contributed by atoms with Gasteiger partial charge in [-0.1, -0.05) is 5.16 Å². The third kappa shape index (κ3) is 7.19. The molecule has 230 valence electrons. The van der Waals surface area contributed by atoms with Crippen molar-refractivity contribution in [1.29, 1.82) is 0 Å². The van der Waals surface area contributed by atoms with Gasteiger partial charge in [0, 0.05) is 21.8 Å². The summed E-state index contributed by atoms with van der Waals surface area (Å²) in [4.78, 5) is 57.4. The quantitative estimate of drug-likeness (QED) is 0.0883. The van der Waals surface area contributed by atoms with E-state index in [1.807, 2.05) is 13.8 Å². The average molecular weight is 644 g/mol. The number of ether oxygens (including phenoxy) is 4. The second-order valence-electron chi connectivity index (χ2n) is 11.0. The third-order valence-corrected chi connectivity index (χ3v) is 9.63. The van der Waals surface area contributed by atoms with Gasteiger partial charge in [0.1, 0.15) is 22.8 Å².